The number of amides is 1. The minimum absolute atomic E-state index is 0.0224. The van der Waals surface area contributed by atoms with E-state index in [1.807, 2.05) is 36.4 Å². The number of ether oxygens (including phenoxy) is 1. The Balaban J connectivity index is 1.51. The van der Waals surface area contributed by atoms with E-state index in [9.17, 15) is 9.90 Å². The van der Waals surface area contributed by atoms with Crippen LogP contribution in [0.25, 0.3) is 0 Å². The first kappa shape index (κ1) is 18.9. The van der Waals surface area contributed by atoms with E-state index in [0.717, 1.165) is 29.7 Å². The summed E-state index contributed by atoms with van der Waals surface area (Å²) in [5, 5.41) is 12.9. The van der Waals surface area contributed by atoms with Gasteiger partial charge in [0.05, 0.1) is 19.1 Å². The van der Waals surface area contributed by atoms with E-state index < -0.39 is 5.41 Å². The lowest BCUT2D eigenvalue weighted by Gasteiger charge is -2.60. The maximum absolute atomic E-state index is 13.3. The minimum Gasteiger partial charge on any atom is -0.497 e. The molecule has 1 aromatic carbocycles. The number of rotatable bonds is 7. The Bertz CT molecular complexity index is 808. The summed E-state index contributed by atoms with van der Waals surface area (Å²) in [5.41, 5.74) is 1.89. The highest BCUT2D eigenvalue weighted by Crippen LogP contribution is 2.65. The molecule has 1 spiro atoms. The molecule has 2 fully saturated rings. The lowest BCUT2D eigenvalue weighted by atomic mass is 9.43. The topological polar surface area (TPSA) is 71.5 Å². The second-order valence-corrected chi connectivity index (χ2v) is 8.39. The van der Waals surface area contributed by atoms with E-state index in [4.69, 9.17) is 4.74 Å². The van der Waals surface area contributed by atoms with Gasteiger partial charge in [0.15, 0.2) is 0 Å². The van der Waals surface area contributed by atoms with Crippen molar-refractivity contribution >= 4 is 5.91 Å². The third-order valence-corrected chi connectivity index (χ3v) is 6.73. The van der Waals surface area contributed by atoms with Crippen molar-refractivity contribution in [3.63, 3.8) is 0 Å². The Kier molecular flexibility index (Phi) is 5.11. The molecule has 2 N–H and O–H groups in total. The van der Waals surface area contributed by atoms with Gasteiger partial charge >= 0.3 is 0 Å². The third-order valence-electron chi connectivity index (χ3n) is 6.73. The summed E-state index contributed by atoms with van der Waals surface area (Å²) in [6.45, 7) is 0.386. The number of carbonyl (C=O) groups excluding carboxylic acids is 1. The van der Waals surface area contributed by atoms with Crippen LogP contribution in [0.4, 0.5) is 0 Å². The number of aromatic nitrogens is 1. The number of hydrogen-bond donors (Lipinski definition) is 2. The van der Waals surface area contributed by atoms with Crippen LogP contribution < -0.4 is 10.1 Å². The largest absolute Gasteiger partial charge is 0.497 e. The van der Waals surface area contributed by atoms with Gasteiger partial charge in [-0.1, -0.05) is 24.6 Å². The molecule has 1 heterocycles. The fourth-order valence-corrected chi connectivity index (χ4v) is 4.96. The predicted octanol–water partition coefficient (Wildman–Crippen LogP) is 3.18. The molecule has 2 saturated carbocycles. The highest BCUT2D eigenvalue weighted by Gasteiger charge is 2.61. The van der Waals surface area contributed by atoms with Crippen molar-refractivity contribution in [2.45, 2.75) is 43.4 Å². The van der Waals surface area contributed by atoms with E-state index in [-0.39, 0.29) is 18.4 Å². The molecule has 0 saturated heterocycles. The van der Waals surface area contributed by atoms with Gasteiger partial charge in [-0.15, -0.1) is 0 Å². The van der Waals surface area contributed by atoms with Crippen LogP contribution in [0, 0.1) is 5.41 Å². The fourth-order valence-electron chi connectivity index (χ4n) is 4.96. The molecule has 1 amide bonds. The molecule has 5 heteroatoms. The van der Waals surface area contributed by atoms with E-state index in [2.05, 4.69) is 10.3 Å². The first-order valence-corrected chi connectivity index (χ1v) is 10.0. The third kappa shape index (κ3) is 3.28. The first-order chi connectivity index (χ1) is 13.6. The van der Waals surface area contributed by atoms with Crippen molar-refractivity contribution in [3.8, 4) is 5.75 Å². The molecule has 1 unspecified atom stereocenters. The van der Waals surface area contributed by atoms with Crippen molar-refractivity contribution in [3.05, 3.63) is 59.9 Å². The van der Waals surface area contributed by atoms with Crippen LogP contribution in [0.15, 0.2) is 48.8 Å². The molecular formula is C23H28N2O3. The van der Waals surface area contributed by atoms with Gasteiger partial charge in [0, 0.05) is 24.9 Å². The molecule has 1 atom stereocenters. The minimum atomic E-state index is -0.471. The maximum Gasteiger partial charge on any atom is 0.230 e. The average Bonchev–Trinajstić information content (AvgIpc) is 2.68. The number of hydrogen-bond acceptors (Lipinski definition) is 4. The Morgan fingerprint density at radius 3 is 2.54 bits per heavy atom. The number of pyridine rings is 1. The molecule has 5 nitrogen and oxygen atoms in total. The van der Waals surface area contributed by atoms with Gasteiger partial charge in [0.1, 0.15) is 5.75 Å². The van der Waals surface area contributed by atoms with Gasteiger partial charge in [-0.2, -0.15) is 0 Å². The molecule has 0 bridgehead atoms. The van der Waals surface area contributed by atoms with Crippen molar-refractivity contribution in [2.24, 2.45) is 5.41 Å². The fraction of sp³-hybridized carbons (Fsp3) is 0.478. The molecule has 4 rings (SSSR count). The normalized spacial score (nSPS) is 19.9. The van der Waals surface area contributed by atoms with Gasteiger partial charge in [0.2, 0.25) is 5.91 Å². The molecule has 148 valence electrons. The van der Waals surface area contributed by atoms with Gasteiger partial charge in [0.25, 0.3) is 0 Å². The van der Waals surface area contributed by atoms with Gasteiger partial charge in [-0.05, 0) is 60.4 Å². The molecule has 2 aromatic rings. The summed E-state index contributed by atoms with van der Waals surface area (Å²) in [6, 6.07) is 11.7. The van der Waals surface area contributed by atoms with Crippen molar-refractivity contribution in [2.75, 3.05) is 20.3 Å². The van der Waals surface area contributed by atoms with Gasteiger partial charge < -0.3 is 15.2 Å². The zero-order valence-corrected chi connectivity index (χ0v) is 16.4. The average molecular weight is 380 g/mol. The first-order valence-electron chi connectivity index (χ1n) is 10.0. The number of aliphatic hydroxyl groups is 1. The van der Waals surface area contributed by atoms with E-state index in [1.54, 1.807) is 19.5 Å². The maximum atomic E-state index is 13.3. The van der Waals surface area contributed by atoms with Crippen LogP contribution >= 0.6 is 0 Å². The number of nitrogens with zero attached hydrogens (tertiary/aromatic N) is 1. The summed E-state index contributed by atoms with van der Waals surface area (Å²) in [4.78, 5) is 17.5. The van der Waals surface area contributed by atoms with E-state index in [1.165, 1.54) is 19.3 Å². The van der Waals surface area contributed by atoms with Crippen LogP contribution in [0.3, 0.4) is 0 Å². The number of carbonyl (C=O) groups is 1. The van der Waals surface area contributed by atoms with Crippen LogP contribution in [0.5, 0.6) is 5.75 Å². The quantitative estimate of drug-likeness (QED) is 0.774. The monoisotopic (exact) mass is 380 g/mol. The Morgan fingerprint density at radius 1 is 1.25 bits per heavy atom. The summed E-state index contributed by atoms with van der Waals surface area (Å²) in [5.74, 6) is 0.717. The van der Waals surface area contributed by atoms with Crippen molar-refractivity contribution in [1.29, 1.82) is 0 Å². The van der Waals surface area contributed by atoms with Crippen LogP contribution in [-0.2, 0) is 10.2 Å². The second-order valence-electron chi connectivity index (χ2n) is 8.39. The summed E-state index contributed by atoms with van der Waals surface area (Å²) in [7, 11) is 1.65. The Morgan fingerprint density at radius 2 is 2.00 bits per heavy atom. The second kappa shape index (κ2) is 7.55. The Hall–Kier alpha value is -2.40. The molecule has 28 heavy (non-hydrogen) atoms. The van der Waals surface area contributed by atoms with Gasteiger partial charge in [-0.3, -0.25) is 9.78 Å². The molecule has 2 aliphatic carbocycles. The zero-order valence-electron chi connectivity index (χ0n) is 16.4. The standard InChI is InChI=1S/C23H28N2O3/c1-28-20-7-5-19(6-8-20)23(15-22(16-23)9-3-10-22)21(27)25-13-18(14-26)17-4-2-11-24-12-17/h2,4-8,11-12,18,26H,3,9-10,13-16H2,1H3,(H,25,27). The van der Waals surface area contributed by atoms with E-state index in [0.29, 0.717) is 12.0 Å². The molecular weight excluding hydrogens is 352 g/mol. The number of benzene rings is 1. The van der Waals surface area contributed by atoms with Crippen LogP contribution in [0.1, 0.15) is 49.1 Å². The molecule has 2 aliphatic rings. The molecule has 0 radical (unpaired) electrons. The smallest absolute Gasteiger partial charge is 0.230 e. The molecule has 1 aromatic heterocycles. The lowest BCUT2D eigenvalue weighted by molar-refractivity contribution is -0.142. The summed E-state index contributed by atoms with van der Waals surface area (Å²) in [6.07, 6.45) is 9.01. The van der Waals surface area contributed by atoms with Crippen molar-refractivity contribution in [1.82, 2.24) is 10.3 Å². The SMILES string of the molecule is COc1ccc(C2(C(=O)NCC(CO)c3cccnc3)CC3(CCC3)C2)cc1. The zero-order chi connectivity index (χ0) is 19.6. The summed E-state index contributed by atoms with van der Waals surface area (Å²) >= 11 is 0. The van der Waals surface area contributed by atoms with Gasteiger partial charge in [-0.25, -0.2) is 0 Å². The summed E-state index contributed by atoms with van der Waals surface area (Å²) < 4.78 is 5.28. The number of nitrogens with one attached hydrogen (secondary N) is 1. The van der Waals surface area contributed by atoms with Crippen molar-refractivity contribution < 1.29 is 14.6 Å². The number of aliphatic hydroxyl groups excluding tert-OH is 1. The Labute approximate surface area is 166 Å². The predicted molar refractivity (Wildman–Crippen MR) is 107 cm³/mol. The highest BCUT2D eigenvalue weighted by molar-refractivity contribution is 5.90. The van der Waals surface area contributed by atoms with E-state index >= 15 is 0 Å². The van der Waals surface area contributed by atoms with Crippen LogP contribution in [-0.4, -0.2) is 36.3 Å². The molecule has 0 aliphatic heterocycles. The van der Waals surface area contributed by atoms with Crippen LogP contribution in [0.2, 0.25) is 0 Å². The number of methoxy groups -OCH3 is 1. The lowest BCUT2D eigenvalue weighted by Crippen LogP contribution is -2.60. The highest BCUT2D eigenvalue weighted by atomic mass is 16.5.